The number of halogens is 1. The van der Waals surface area contributed by atoms with Gasteiger partial charge in [0.05, 0.1) is 11.9 Å². The Bertz CT molecular complexity index is 760. The zero-order valence-corrected chi connectivity index (χ0v) is 13.8. The SMILES string of the molecule is CCCC1CCCc2c(Nc3cccc(F)c3)cnc(C(N)=O)c21. The van der Waals surface area contributed by atoms with Crippen LogP contribution in [0.25, 0.3) is 0 Å². The number of nitrogens with zero attached hydrogens (tertiary/aromatic N) is 1. The predicted molar refractivity (Wildman–Crippen MR) is 93.0 cm³/mol. The van der Waals surface area contributed by atoms with Gasteiger partial charge in [-0.1, -0.05) is 19.4 Å². The number of benzene rings is 1. The fourth-order valence-electron chi connectivity index (χ4n) is 3.61. The Hall–Kier alpha value is -2.43. The van der Waals surface area contributed by atoms with E-state index < -0.39 is 5.91 Å². The van der Waals surface area contributed by atoms with Crippen molar-refractivity contribution in [2.45, 2.75) is 44.9 Å². The minimum atomic E-state index is -0.480. The van der Waals surface area contributed by atoms with Gasteiger partial charge in [-0.3, -0.25) is 4.79 Å². The van der Waals surface area contributed by atoms with Gasteiger partial charge in [0.1, 0.15) is 11.5 Å². The van der Waals surface area contributed by atoms with Gasteiger partial charge in [0.15, 0.2) is 0 Å². The lowest BCUT2D eigenvalue weighted by Crippen LogP contribution is -2.22. The van der Waals surface area contributed by atoms with Crippen LogP contribution in [0.2, 0.25) is 0 Å². The highest BCUT2D eigenvalue weighted by molar-refractivity contribution is 5.93. The Balaban J connectivity index is 2.05. The van der Waals surface area contributed by atoms with E-state index >= 15 is 0 Å². The van der Waals surface area contributed by atoms with Gasteiger partial charge in [-0.15, -0.1) is 0 Å². The third-order valence-electron chi connectivity index (χ3n) is 4.59. The Labute approximate surface area is 141 Å². The zero-order valence-electron chi connectivity index (χ0n) is 13.8. The van der Waals surface area contributed by atoms with Gasteiger partial charge in [0.2, 0.25) is 0 Å². The summed E-state index contributed by atoms with van der Waals surface area (Å²) in [6, 6.07) is 6.33. The summed E-state index contributed by atoms with van der Waals surface area (Å²) in [7, 11) is 0. The third kappa shape index (κ3) is 3.25. The first-order valence-electron chi connectivity index (χ1n) is 8.44. The van der Waals surface area contributed by atoms with Gasteiger partial charge >= 0.3 is 0 Å². The van der Waals surface area contributed by atoms with Gasteiger partial charge in [0.25, 0.3) is 5.91 Å². The summed E-state index contributed by atoms with van der Waals surface area (Å²) in [5.41, 5.74) is 9.51. The van der Waals surface area contributed by atoms with Crippen LogP contribution in [-0.2, 0) is 6.42 Å². The first kappa shape index (κ1) is 16.4. The maximum Gasteiger partial charge on any atom is 0.267 e. The molecule has 1 aliphatic rings. The van der Waals surface area contributed by atoms with Gasteiger partial charge in [-0.25, -0.2) is 9.37 Å². The molecule has 5 heteroatoms. The van der Waals surface area contributed by atoms with Crippen LogP contribution in [0.1, 0.15) is 60.1 Å². The van der Waals surface area contributed by atoms with Crippen LogP contribution in [0, 0.1) is 5.82 Å². The van der Waals surface area contributed by atoms with Crippen LogP contribution in [-0.4, -0.2) is 10.9 Å². The Morgan fingerprint density at radius 3 is 3.00 bits per heavy atom. The highest BCUT2D eigenvalue weighted by atomic mass is 19.1. The standard InChI is InChI=1S/C19H22FN3O/c1-2-5-12-6-3-9-15-16(11-22-18(17(12)15)19(21)24)23-14-8-4-7-13(20)10-14/h4,7-8,10-12,23H,2-3,5-6,9H2,1H3,(H2,21,24). The maximum absolute atomic E-state index is 13.4. The van der Waals surface area contributed by atoms with Crippen molar-refractivity contribution < 1.29 is 9.18 Å². The molecule has 0 radical (unpaired) electrons. The molecule has 0 saturated carbocycles. The molecule has 2 aromatic rings. The first-order valence-corrected chi connectivity index (χ1v) is 8.44. The summed E-state index contributed by atoms with van der Waals surface area (Å²) in [6.07, 6.45) is 6.68. The third-order valence-corrected chi connectivity index (χ3v) is 4.59. The Morgan fingerprint density at radius 2 is 2.29 bits per heavy atom. The van der Waals surface area contributed by atoms with E-state index in [0.717, 1.165) is 48.9 Å². The zero-order chi connectivity index (χ0) is 17.1. The van der Waals surface area contributed by atoms with Crippen molar-refractivity contribution in [2.75, 3.05) is 5.32 Å². The molecule has 1 atom stereocenters. The number of hydrogen-bond donors (Lipinski definition) is 2. The summed E-state index contributed by atoms with van der Waals surface area (Å²) in [4.78, 5) is 16.1. The van der Waals surface area contributed by atoms with E-state index in [1.54, 1.807) is 12.3 Å². The number of fused-ring (bicyclic) bond motifs is 1. The highest BCUT2D eigenvalue weighted by Gasteiger charge is 2.27. The van der Waals surface area contributed by atoms with Crippen molar-refractivity contribution in [3.63, 3.8) is 0 Å². The van der Waals surface area contributed by atoms with Crippen molar-refractivity contribution in [3.05, 3.63) is 53.1 Å². The number of primary amides is 1. The van der Waals surface area contributed by atoms with Crippen molar-refractivity contribution in [1.29, 1.82) is 0 Å². The molecule has 3 rings (SSSR count). The molecule has 1 aromatic heterocycles. The van der Waals surface area contributed by atoms with Crippen LogP contribution < -0.4 is 11.1 Å². The summed E-state index contributed by atoms with van der Waals surface area (Å²) in [5, 5.41) is 3.25. The van der Waals surface area contributed by atoms with Crippen LogP contribution in [0.4, 0.5) is 15.8 Å². The molecule has 1 aliphatic carbocycles. The van der Waals surface area contributed by atoms with E-state index in [1.165, 1.54) is 12.1 Å². The minimum absolute atomic E-state index is 0.292. The second kappa shape index (κ2) is 6.99. The van der Waals surface area contributed by atoms with Gasteiger partial charge in [0, 0.05) is 5.69 Å². The van der Waals surface area contributed by atoms with Gasteiger partial charge in [-0.05, 0) is 60.9 Å². The number of pyridine rings is 1. The number of amides is 1. The van der Waals surface area contributed by atoms with E-state index in [-0.39, 0.29) is 5.82 Å². The van der Waals surface area contributed by atoms with Gasteiger partial charge in [-0.2, -0.15) is 0 Å². The number of nitrogens with two attached hydrogens (primary N) is 1. The molecular formula is C19H22FN3O. The van der Waals surface area contributed by atoms with Crippen LogP contribution in [0.5, 0.6) is 0 Å². The van der Waals surface area contributed by atoms with Crippen LogP contribution in [0.15, 0.2) is 30.5 Å². The van der Waals surface area contributed by atoms with Crippen LogP contribution in [0.3, 0.4) is 0 Å². The monoisotopic (exact) mass is 327 g/mol. The number of carbonyl (C=O) groups excluding carboxylic acids is 1. The Morgan fingerprint density at radius 1 is 1.46 bits per heavy atom. The van der Waals surface area contributed by atoms with Crippen LogP contribution >= 0.6 is 0 Å². The minimum Gasteiger partial charge on any atom is -0.364 e. The lowest BCUT2D eigenvalue weighted by molar-refractivity contribution is 0.0993. The molecule has 24 heavy (non-hydrogen) atoms. The molecular weight excluding hydrogens is 305 g/mol. The summed E-state index contributed by atoms with van der Waals surface area (Å²) < 4.78 is 13.4. The molecule has 3 N–H and O–H groups in total. The molecule has 1 aromatic carbocycles. The number of hydrogen-bond acceptors (Lipinski definition) is 3. The van der Waals surface area contributed by atoms with E-state index in [1.807, 2.05) is 6.07 Å². The molecule has 1 heterocycles. The van der Waals surface area contributed by atoms with Gasteiger partial charge < -0.3 is 11.1 Å². The lowest BCUT2D eigenvalue weighted by atomic mass is 9.79. The van der Waals surface area contributed by atoms with E-state index in [9.17, 15) is 9.18 Å². The highest BCUT2D eigenvalue weighted by Crippen LogP contribution is 2.40. The molecule has 1 amide bonds. The molecule has 0 spiro atoms. The second-order valence-corrected chi connectivity index (χ2v) is 6.29. The van der Waals surface area contributed by atoms with E-state index in [2.05, 4.69) is 17.2 Å². The van der Waals surface area contributed by atoms with E-state index in [4.69, 9.17) is 5.73 Å². The number of nitrogens with one attached hydrogen (secondary N) is 1. The maximum atomic E-state index is 13.4. The number of aromatic nitrogens is 1. The molecule has 0 saturated heterocycles. The Kier molecular flexibility index (Phi) is 4.79. The fourth-order valence-corrected chi connectivity index (χ4v) is 3.61. The molecule has 1 unspecified atom stereocenters. The average molecular weight is 327 g/mol. The molecule has 0 bridgehead atoms. The number of anilines is 2. The predicted octanol–water partition coefficient (Wildman–Crippen LogP) is 4.28. The summed E-state index contributed by atoms with van der Waals surface area (Å²) in [5.74, 6) is -0.464. The molecule has 0 fully saturated rings. The fraction of sp³-hybridized carbons (Fsp3) is 0.368. The average Bonchev–Trinajstić information content (AvgIpc) is 2.55. The van der Waals surface area contributed by atoms with E-state index in [0.29, 0.717) is 17.3 Å². The molecule has 4 nitrogen and oxygen atoms in total. The topological polar surface area (TPSA) is 68.0 Å². The smallest absolute Gasteiger partial charge is 0.267 e. The van der Waals surface area contributed by atoms with Crippen molar-refractivity contribution in [3.8, 4) is 0 Å². The van der Waals surface area contributed by atoms with Crippen molar-refractivity contribution in [1.82, 2.24) is 4.98 Å². The largest absolute Gasteiger partial charge is 0.364 e. The van der Waals surface area contributed by atoms with Crippen molar-refractivity contribution in [2.24, 2.45) is 5.73 Å². The second-order valence-electron chi connectivity index (χ2n) is 6.29. The van der Waals surface area contributed by atoms with Crippen molar-refractivity contribution >= 4 is 17.3 Å². The molecule has 126 valence electrons. The lowest BCUT2D eigenvalue weighted by Gasteiger charge is -2.28. The molecule has 0 aliphatic heterocycles. The number of carbonyl (C=O) groups is 1. The normalized spacial score (nSPS) is 16.5. The first-order chi connectivity index (χ1) is 11.6. The summed E-state index contributed by atoms with van der Waals surface area (Å²) in [6.45, 7) is 2.14. The quantitative estimate of drug-likeness (QED) is 0.861. The number of rotatable bonds is 5. The summed E-state index contributed by atoms with van der Waals surface area (Å²) >= 11 is 0.